The van der Waals surface area contributed by atoms with Gasteiger partial charge in [-0.15, -0.1) is 11.3 Å². The first-order chi connectivity index (χ1) is 5.84. The normalized spacial score (nSPS) is 16.7. The molecule has 0 amide bonds. The van der Waals surface area contributed by atoms with Crippen molar-refractivity contribution in [3.63, 3.8) is 0 Å². The fourth-order valence-corrected chi connectivity index (χ4v) is 2.80. The van der Waals surface area contributed by atoms with E-state index in [1.807, 2.05) is 5.38 Å². The van der Waals surface area contributed by atoms with Crippen LogP contribution in [0.2, 0.25) is 0 Å². The largest absolute Gasteiger partial charge is 0.295 e. The van der Waals surface area contributed by atoms with E-state index in [0.29, 0.717) is 6.42 Å². The minimum atomic E-state index is 0.244. The van der Waals surface area contributed by atoms with Gasteiger partial charge in [-0.05, 0) is 17.4 Å². The Kier molecular flexibility index (Phi) is 2.28. The number of rotatable bonds is 2. The van der Waals surface area contributed by atoms with Crippen LogP contribution in [0.15, 0.2) is 26.9 Å². The van der Waals surface area contributed by atoms with Crippen LogP contribution >= 0.6 is 23.1 Å². The van der Waals surface area contributed by atoms with Crippen LogP contribution in [0.3, 0.4) is 0 Å². The topological polar surface area (TPSA) is 30.0 Å². The number of allylic oxidation sites excluding steroid dienone is 2. The fraction of sp³-hybridized carbons (Fsp3) is 0.250. The van der Waals surface area contributed by atoms with Crippen LogP contribution in [-0.2, 0) is 4.79 Å². The van der Waals surface area contributed by atoms with Crippen molar-refractivity contribution in [1.82, 2.24) is 4.98 Å². The molecule has 2 nitrogen and oxygen atoms in total. The van der Waals surface area contributed by atoms with Gasteiger partial charge in [0.1, 0.15) is 0 Å². The van der Waals surface area contributed by atoms with Gasteiger partial charge in [-0.3, -0.25) is 4.79 Å². The second kappa shape index (κ2) is 3.41. The highest BCUT2D eigenvalue weighted by atomic mass is 32.2. The van der Waals surface area contributed by atoms with E-state index in [1.165, 1.54) is 0 Å². The number of thiazole rings is 1. The van der Waals surface area contributed by atoms with Crippen molar-refractivity contribution in [2.75, 3.05) is 0 Å². The molecule has 1 aliphatic rings. The maximum atomic E-state index is 10.9. The minimum absolute atomic E-state index is 0.244. The third-order valence-corrected chi connectivity index (χ3v) is 3.54. The molecule has 0 saturated heterocycles. The Morgan fingerprint density at radius 2 is 2.42 bits per heavy atom. The molecule has 0 unspecified atom stereocenters. The second-order valence-electron chi connectivity index (χ2n) is 2.48. The van der Waals surface area contributed by atoms with Gasteiger partial charge in [-0.25, -0.2) is 4.98 Å². The summed E-state index contributed by atoms with van der Waals surface area (Å²) < 4.78 is 1.02. The molecule has 4 heteroatoms. The summed E-state index contributed by atoms with van der Waals surface area (Å²) in [7, 11) is 0. The van der Waals surface area contributed by atoms with Crippen LogP contribution in [0.25, 0.3) is 0 Å². The van der Waals surface area contributed by atoms with E-state index in [1.54, 1.807) is 35.4 Å². The standard InChI is InChI=1S/C8H7NOS2/c10-6-1-2-7(5-6)12-8-9-3-4-11-8/h3-5H,1-2H2. The lowest BCUT2D eigenvalue weighted by Gasteiger charge is -1.93. The molecule has 0 spiro atoms. The number of hydrogen-bond donors (Lipinski definition) is 0. The Balaban J connectivity index is 2.05. The van der Waals surface area contributed by atoms with Crippen molar-refractivity contribution in [1.29, 1.82) is 0 Å². The van der Waals surface area contributed by atoms with Crippen LogP contribution < -0.4 is 0 Å². The summed E-state index contributed by atoms with van der Waals surface area (Å²) in [6.07, 6.45) is 5.08. The summed E-state index contributed by atoms with van der Waals surface area (Å²) in [5.41, 5.74) is 0. The molecule has 0 radical (unpaired) electrons. The molecule has 0 saturated carbocycles. The predicted molar refractivity (Wildman–Crippen MR) is 50.3 cm³/mol. The Bertz CT molecular complexity index is 316. The quantitative estimate of drug-likeness (QED) is 0.729. The zero-order chi connectivity index (χ0) is 8.39. The summed E-state index contributed by atoms with van der Waals surface area (Å²) in [6.45, 7) is 0. The average Bonchev–Trinajstić information content (AvgIpc) is 2.63. The number of carbonyl (C=O) groups is 1. The van der Waals surface area contributed by atoms with Crippen molar-refractivity contribution in [2.24, 2.45) is 0 Å². The number of thioether (sulfide) groups is 1. The monoisotopic (exact) mass is 197 g/mol. The number of carbonyl (C=O) groups excluding carboxylic acids is 1. The third kappa shape index (κ3) is 1.76. The van der Waals surface area contributed by atoms with E-state index in [9.17, 15) is 4.79 Å². The predicted octanol–water partition coefficient (Wildman–Crippen LogP) is 2.48. The molecule has 0 fully saturated rings. The van der Waals surface area contributed by atoms with Crippen LogP contribution in [0, 0.1) is 0 Å². The molecule has 0 aromatic carbocycles. The van der Waals surface area contributed by atoms with E-state index in [0.717, 1.165) is 15.7 Å². The van der Waals surface area contributed by atoms with Gasteiger partial charge in [0, 0.05) is 18.0 Å². The first-order valence-corrected chi connectivity index (χ1v) is 5.35. The fourth-order valence-electron chi connectivity index (χ4n) is 1.02. The molecule has 1 aromatic heterocycles. The van der Waals surface area contributed by atoms with E-state index < -0.39 is 0 Å². The molecule has 62 valence electrons. The molecule has 0 atom stereocenters. The molecule has 1 aliphatic carbocycles. The first-order valence-electron chi connectivity index (χ1n) is 3.65. The Morgan fingerprint density at radius 1 is 1.50 bits per heavy atom. The molecule has 1 heterocycles. The van der Waals surface area contributed by atoms with Gasteiger partial charge in [-0.2, -0.15) is 0 Å². The van der Waals surface area contributed by atoms with Crippen molar-refractivity contribution in [3.05, 3.63) is 22.6 Å². The van der Waals surface area contributed by atoms with Crippen LogP contribution in [0.4, 0.5) is 0 Å². The smallest absolute Gasteiger partial charge is 0.156 e. The Morgan fingerprint density at radius 3 is 3.00 bits per heavy atom. The van der Waals surface area contributed by atoms with Crippen molar-refractivity contribution in [3.8, 4) is 0 Å². The minimum Gasteiger partial charge on any atom is -0.295 e. The highest BCUT2D eigenvalue weighted by Crippen LogP contribution is 2.33. The molecule has 1 aromatic rings. The number of ketones is 1. The Labute approximate surface area is 78.7 Å². The van der Waals surface area contributed by atoms with Gasteiger partial charge in [0.25, 0.3) is 0 Å². The van der Waals surface area contributed by atoms with Crippen molar-refractivity contribution >= 4 is 28.9 Å². The van der Waals surface area contributed by atoms with Crippen LogP contribution in [0.1, 0.15) is 12.8 Å². The van der Waals surface area contributed by atoms with Gasteiger partial charge in [0.15, 0.2) is 10.1 Å². The molecule has 2 rings (SSSR count). The summed E-state index contributed by atoms with van der Waals surface area (Å²) >= 11 is 3.22. The summed E-state index contributed by atoms with van der Waals surface area (Å²) in [6, 6.07) is 0. The van der Waals surface area contributed by atoms with Gasteiger partial charge in [0.05, 0.1) is 0 Å². The number of hydrogen-bond acceptors (Lipinski definition) is 4. The van der Waals surface area contributed by atoms with Crippen molar-refractivity contribution < 1.29 is 4.79 Å². The molecule has 12 heavy (non-hydrogen) atoms. The SMILES string of the molecule is O=C1C=C(Sc2nccs2)CC1. The highest BCUT2D eigenvalue weighted by Gasteiger charge is 2.13. The van der Waals surface area contributed by atoms with Gasteiger partial charge in [-0.1, -0.05) is 11.8 Å². The van der Waals surface area contributed by atoms with Gasteiger partial charge in [0.2, 0.25) is 0 Å². The molecular weight excluding hydrogens is 190 g/mol. The lowest BCUT2D eigenvalue weighted by molar-refractivity contribution is -0.114. The second-order valence-corrected chi connectivity index (χ2v) is 4.75. The maximum absolute atomic E-state index is 10.9. The van der Waals surface area contributed by atoms with E-state index in [-0.39, 0.29) is 5.78 Å². The summed E-state index contributed by atoms with van der Waals surface area (Å²) in [5, 5.41) is 1.94. The zero-order valence-electron chi connectivity index (χ0n) is 6.32. The number of aromatic nitrogens is 1. The lowest BCUT2D eigenvalue weighted by atomic mass is 10.3. The maximum Gasteiger partial charge on any atom is 0.156 e. The van der Waals surface area contributed by atoms with Gasteiger partial charge >= 0.3 is 0 Å². The first kappa shape index (κ1) is 8.01. The van der Waals surface area contributed by atoms with E-state index >= 15 is 0 Å². The van der Waals surface area contributed by atoms with Crippen LogP contribution in [-0.4, -0.2) is 10.8 Å². The van der Waals surface area contributed by atoms with E-state index in [2.05, 4.69) is 4.98 Å². The summed E-state index contributed by atoms with van der Waals surface area (Å²) in [4.78, 5) is 16.2. The lowest BCUT2D eigenvalue weighted by Crippen LogP contribution is -1.80. The Hall–Kier alpha value is -0.610. The molecule has 0 bridgehead atoms. The molecule has 0 aliphatic heterocycles. The van der Waals surface area contributed by atoms with E-state index in [4.69, 9.17) is 0 Å². The van der Waals surface area contributed by atoms with Crippen LogP contribution in [0.5, 0.6) is 0 Å². The van der Waals surface area contributed by atoms with Gasteiger partial charge < -0.3 is 0 Å². The molecule has 0 N–H and O–H groups in total. The average molecular weight is 197 g/mol. The van der Waals surface area contributed by atoms with Crippen molar-refractivity contribution in [2.45, 2.75) is 17.2 Å². The highest BCUT2D eigenvalue weighted by molar-refractivity contribution is 8.04. The zero-order valence-corrected chi connectivity index (χ0v) is 7.95. The number of nitrogens with zero attached hydrogens (tertiary/aromatic N) is 1. The summed E-state index contributed by atoms with van der Waals surface area (Å²) in [5.74, 6) is 0.244. The third-order valence-electron chi connectivity index (χ3n) is 1.57. The molecular formula is C8H7NOS2.